The minimum absolute atomic E-state index is 0.171. The zero-order valence-corrected chi connectivity index (χ0v) is 12.5. The quantitative estimate of drug-likeness (QED) is 0.790. The zero-order valence-electron chi connectivity index (χ0n) is 12.5. The number of hydrogen-bond acceptors (Lipinski definition) is 3. The third-order valence-electron chi connectivity index (χ3n) is 4.10. The number of aromatic nitrogens is 1. The number of pyridine rings is 1. The van der Waals surface area contributed by atoms with Crippen molar-refractivity contribution in [2.24, 2.45) is 11.8 Å². The van der Waals surface area contributed by atoms with E-state index in [-0.39, 0.29) is 5.82 Å². The van der Waals surface area contributed by atoms with Crippen molar-refractivity contribution in [3.63, 3.8) is 0 Å². The number of nitrogens with zero attached hydrogens (tertiary/aromatic N) is 2. The second kappa shape index (κ2) is 6.16. The van der Waals surface area contributed by atoms with Gasteiger partial charge < -0.3 is 10.2 Å². The first-order valence-corrected chi connectivity index (χ1v) is 8.02. The lowest BCUT2D eigenvalue weighted by Gasteiger charge is -2.25. The Morgan fingerprint density at radius 1 is 1.14 bits per heavy atom. The molecule has 1 N–H and O–H groups in total. The third kappa shape index (κ3) is 3.83. The Bertz CT molecular complexity index is 485. The van der Waals surface area contributed by atoms with Gasteiger partial charge in [0.05, 0.1) is 0 Å². The Morgan fingerprint density at radius 3 is 2.29 bits per heavy atom. The predicted molar refractivity (Wildman–Crippen MR) is 80.6 cm³/mol. The summed E-state index contributed by atoms with van der Waals surface area (Å²) >= 11 is 0. The molecule has 0 aromatic carbocycles. The highest BCUT2D eigenvalue weighted by Gasteiger charge is 2.31. The molecule has 2 aliphatic carbocycles. The van der Waals surface area contributed by atoms with E-state index in [2.05, 4.69) is 10.3 Å². The third-order valence-corrected chi connectivity index (χ3v) is 4.10. The van der Waals surface area contributed by atoms with E-state index in [0.29, 0.717) is 24.2 Å². The summed E-state index contributed by atoms with van der Waals surface area (Å²) < 4.78 is 28.0. The molecule has 0 unspecified atom stereocenters. The second-order valence-electron chi connectivity index (χ2n) is 6.34. The highest BCUT2D eigenvalue weighted by molar-refractivity contribution is 5.49. The van der Waals surface area contributed by atoms with Crippen molar-refractivity contribution in [1.29, 1.82) is 0 Å². The highest BCUT2D eigenvalue weighted by atomic mass is 19.1. The predicted octanol–water partition coefficient (Wildman–Crippen LogP) is 3.81. The van der Waals surface area contributed by atoms with E-state index in [4.69, 9.17) is 0 Å². The lowest BCUT2D eigenvalue weighted by atomic mass is 10.3. The van der Waals surface area contributed by atoms with Crippen molar-refractivity contribution in [1.82, 2.24) is 4.98 Å². The van der Waals surface area contributed by atoms with E-state index in [1.54, 1.807) is 0 Å². The number of halogens is 2. The van der Waals surface area contributed by atoms with Gasteiger partial charge in [0.15, 0.2) is 23.3 Å². The Balaban J connectivity index is 1.81. The molecule has 2 fully saturated rings. The van der Waals surface area contributed by atoms with E-state index in [9.17, 15) is 8.78 Å². The van der Waals surface area contributed by atoms with Gasteiger partial charge in [0, 0.05) is 25.7 Å². The maximum atomic E-state index is 14.2. The summed E-state index contributed by atoms with van der Waals surface area (Å²) in [6.45, 7) is 4.33. The molecule has 2 aliphatic rings. The molecule has 3 nitrogen and oxygen atoms in total. The molecule has 0 spiro atoms. The first-order chi connectivity index (χ1) is 10.2. The van der Waals surface area contributed by atoms with Crippen molar-refractivity contribution < 1.29 is 8.78 Å². The Labute approximate surface area is 124 Å². The number of anilines is 2. The lowest BCUT2D eigenvalue weighted by molar-refractivity contribution is 0.562. The van der Waals surface area contributed by atoms with Gasteiger partial charge in [-0.15, -0.1) is 0 Å². The van der Waals surface area contributed by atoms with Gasteiger partial charge in [-0.3, -0.25) is 0 Å². The number of nitrogens with one attached hydrogen (secondary N) is 1. The topological polar surface area (TPSA) is 28.2 Å². The Kier molecular flexibility index (Phi) is 4.27. The van der Waals surface area contributed by atoms with E-state index in [0.717, 1.165) is 25.6 Å². The molecule has 3 rings (SSSR count). The van der Waals surface area contributed by atoms with E-state index >= 15 is 0 Å². The Morgan fingerprint density at radius 2 is 1.76 bits per heavy atom. The SMILES string of the molecule is CCCNc1nc(N(CC2CC2)CC2CC2)c(F)cc1F. The van der Waals surface area contributed by atoms with Crippen LogP contribution in [0.1, 0.15) is 39.0 Å². The number of hydrogen-bond donors (Lipinski definition) is 1. The van der Waals surface area contributed by atoms with Crippen LogP contribution in [0.25, 0.3) is 0 Å². The maximum absolute atomic E-state index is 14.2. The van der Waals surface area contributed by atoms with Crippen molar-refractivity contribution in [3.8, 4) is 0 Å². The molecule has 0 radical (unpaired) electrons. The normalized spacial score (nSPS) is 17.9. The van der Waals surface area contributed by atoms with Crippen molar-refractivity contribution in [2.45, 2.75) is 39.0 Å². The van der Waals surface area contributed by atoms with Crippen LogP contribution in [-0.4, -0.2) is 24.6 Å². The monoisotopic (exact) mass is 295 g/mol. The fourth-order valence-corrected chi connectivity index (χ4v) is 2.52. The van der Waals surface area contributed by atoms with Gasteiger partial charge in [0.1, 0.15) is 0 Å². The molecule has 1 aromatic rings. The molecule has 0 amide bonds. The minimum Gasteiger partial charge on any atom is -0.368 e. The first kappa shape index (κ1) is 14.5. The molecule has 1 aromatic heterocycles. The second-order valence-corrected chi connectivity index (χ2v) is 6.34. The van der Waals surface area contributed by atoms with Gasteiger partial charge in [0.2, 0.25) is 0 Å². The standard InChI is InChI=1S/C16H23F2N3/c1-2-7-19-15-13(17)8-14(18)16(20-15)21(9-11-3-4-11)10-12-5-6-12/h8,11-12H,2-7,9-10H2,1H3,(H,19,20). The van der Waals surface area contributed by atoms with Crippen LogP contribution in [0.3, 0.4) is 0 Å². The van der Waals surface area contributed by atoms with Crippen molar-refractivity contribution >= 4 is 11.6 Å². The van der Waals surface area contributed by atoms with Crippen LogP contribution >= 0.6 is 0 Å². The minimum atomic E-state index is -0.609. The summed E-state index contributed by atoms with van der Waals surface area (Å²) in [5, 5.41) is 2.94. The molecule has 1 heterocycles. The lowest BCUT2D eigenvalue weighted by Crippen LogP contribution is -2.30. The van der Waals surface area contributed by atoms with Crippen LogP contribution in [0.2, 0.25) is 0 Å². The van der Waals surface area contributed by atoms with Crippen LogP contribution < -0.4 is 10.2 Å². The van der Waals surface area contributed by atoms with Gasteiger partial charge in [-0.2, -0.15) is 0 Å². The molecule has 5 heteroatoms. The molecule has 2 saturated carbocycles. The van der Waals surface area contributed by atoms with Gasteiger partial charge >= 0.3 is 0 Å². The largest absolute Gasteiger partial charge is 0.368 e. The fourth-order valence-electron chi connectivity index (χ4n) is 2.52. The molecule has 21 heavy (non-hydrogen) atoms. The summed E-state index contributed by atoms with van der Waals surface area (Å²) in [4.78, 5) is 6.27. The summed E-state index contributed by atoms with van der Waals surface area (Å²) in [6, 6.07) is 0.965. The summed E-state index contributed by atoms with van der Waals surface area (Å²) in [5.41, 5.74) is 0. The molecular formula is C16H23F2N3. The molecule has 0 atom stereocenters. The summed E-state index contributed by atoms with van der Waals surface area (Å²) in [6.07, 6.45) is 5.73. The molecule has 0 saturated heterocycles. The van der Waals surface area contributed by atoms with Crippen molar-refractivity contribution in [2.75, 3.05) is 29.9 Å². The van der Waals surface area contributed by atoms with E-state index in [1.807, 2.05) is 11.8 Å². The smallest absolute Gasteiger partial charge is 0.168 e. The van der Waals surface area contributed by atoms with Crippen LogP contribution in [-0.2, 0) is 0 Å². The fraction of sp³-hybridized carbons (Fsp3) is 0.688. The molecular weight excluding hydrogens is 272 g/mol. The van der Waals surface area contributed by atoms with Crippen LogP contribution in [0.4, 0.5) is 20.4 Å². The van der Waals surface area contributed by atoms with Gasteiger partial charge in [-0.05, 0) is 43.9 Å². The summed E-state index contributed by atoms with van der Waals surface area (Å²) in [5.74, 6) is 0.640. The van der Waals surface area contributed by atoms with Crippen molar-refractivity contribution in [3.05, 3.63) is 17.7 Å². The maximum Gasteiger partial charge on any atom is 0.168 e. The Hall–Kier alpha value is -1.39. The molecule has 116 valence electrons. The van der Waals surface area contributed by atoms with Crippen LogP contribution in [0.15, 0.2) is 6.07 Å². The van der Waals surface area contributed by atoms with Crippen LogP contribution in [0.5, 0.6) is 0 Å². The number of rotatable bonds is 8. The van der Waals surface area contributed by atoms with Gasteiger partial charge in [-0.1, -0.05) is 6.92 Å². The van der Waals surface area contributed by atoms with E-state index in [1.165, 1.54) is 25.7 Å². The van der Waals surface area contributed by atoms with Gasteiger partial charge in [0.25, 0.3) is 0 Å². The average molecular weight is 295 g/mol. The van der Waals surface area contributed by atoms with E-state index < -0.39 is 11.6 Å². The van der Waals surface area contributed by atoms with Crippen LogP contribution in [0, 0.1) is 23.5 Å². The van der Waals surface area contributed by atoms with Gasteiger partial charge in [-0.25, -0.2) is 13.8 Å². The first-order valence-electron chi connectivity index (χ1n) is 8.02. The molecule has 0 aliphatic heterocycles. The highest BCUT2D eigenvalue weighted by Crippen LogP contribution is 2.36. The average Bonchev–Trinajstić information content (AvgIpc) is 3.33. The zero-order chi connectivity index (χ0) is 14.8. The molecule has 0 bridgehead atoms. The summed E-state index contributed by atoms with van der Waals surface area (Å²) in [7, 11) is 0.